The molecule has 88 valence electrons. The van der Waals surface area contributed by atoms with Crippen LogP contribution in [0.2, 0.25) is 0 Å². The molecule has 5 heteroatoms. The van der Waals surface area contributed by atoms with Gasteiger partial charge in [-0.05, 0) is 24.6 Å². The number of hydrogen-bond acceptors (Lipinski definition) is 4. The Morgan fingerprint density at radius 2 is 2.19 bits per heavy atom. The lowest BCUT2D eigenvalue weighted by atomic mass is 10.1. The number of aliphatic carboxylic acids is 1. The quantitative estimate of drug-likeness (QED) is 0.786. The molecular formula is C11H15NO4. The van der Waals surface area contributed by atoms with E-state index in [1.54, 1.807) is 18.2 Å². The first-order valence-electron chi connectivity index (χ1n) is 4.89. The molecule has 0 spiro atoms. The Balaban J connectivity index is 3.05. The van der Waals surface area contributed by atoms with Gasteiger partial charge in [0, 0.05) is 0 Å². The lowest BCUT2D eigenvalue weighted by Gasteiger charge is -2.12. The van der Waals surface area contributed by atoms with Crippen LogP contribution < -0.4 is 15.2 Å². The molecule has 0 aliphatic carbocycles. The highest BCUT2D eigenvalue weighted by atomic mass is 16.5. The van der Waals surface area contributed by atoms with Gasteiger partial charge in [-0.15, -0.1) is 0 Å². The van der Waals surface area contributed by atoms with Crippen molar-refractivity contribution >= 4 is 5.97 Å². The SMILES string of the molecule is CCOc1cc([C@H](N)C(=O)O)ccc1OC. The van der Waals surface area contributed by atoms with Crippen LogP contribution >= 0.6 is 0 Å². The van der Waals surface area contributed by atoms with Crippen LogP contribution in [-0.2, 0) is 4.79 Å². The second-order valence-electron chi connectivity index (χ2n) is 3.16. The fourth-order valence-corrected chi connectivity index (χ4v) is 1.30. The van der Waals surface area contributed by atoms with Gasteiger partial charge in [-0.1, -0.05) is 6.07 Å². The van der Waals surface area contributed by atoms with E-state index in [9.17, 15) is 4.79 Å². The lowest BCUT2D eigenvalue weighted by molar-refractivity contribution is -0.138. The number of nitrogens with two attached hydrogens (primary N) is 1. The number of rotatable bonds is 5. The summed E-state index contributed by atoms with van der Waals surface area (Å²) >= 11 is 0. The maximum Gasteiger partial charge on any atom is 0.325 e. The zero-order chi connectivity index (χ0) is 12.1. The van der Waals surface area contributed by atoms with Crippen molar-refractivity contribution in [1.82, 2.24) is 0 Å². The Labute approximate surface area is 93.8 Å². The largest absolute Gasteiger partial charge is 0.493 e. The van der Waals surface area contributed by atoms with Gasteiger partial charge in [0.05, 0.1) is 13.7 Å². The maximum absolute atomic E-state index is 10.7. The molecule has 1 atom stereocenters. The summed E-state index contributed by atoms with van der Waals surface area (Å²) in [6, 6.07) is 3.79. The van der Waals surface area contributed by atoms with Crippen LogP contribution in [0.5, 0.6) is 11.5 Å². The number of carboxylic acids is 1. The minimum atomic E-state index is -1.08. The van der Waals surface area contributed by atoms with Crippen molar-refractivity contribution in [3.8, 4) is 11.5 Å². The molecule has 0 heterocycles. The molecule has 1 rings (SSSR count). The monoisotopic (exact) mass is 225 g/mol. The van der Waals surface area contributed by atoms with Crippen LogP contribution in [0.25, 0.3) is 0 Å². The third-order valence-electron chi connectivity index (χ3n) is 2.11. The highest BCUT2D eigenvalue weighted by Gasteiger charge is 2.16. The van der Waals surface area contributed by atoms with Gasteiger partial charge in [0.25, 0.3) is 0 Å². The predicted molar refractivity (Wildman–Crippen MR) is 58.7 cm³/mol. The van der Waals surface area contributed by atoms with Crippen molar-refractivity contribution in [3.05, 3.63) is 23.8 Å². The van der Waals surface area contributed by atoms with Gasteiger partial charge in [-0.2, -0.15) is 0 Å². The van der Waals surface area contributed by atoms with Gasteiger partial charge < -0.3 is 20.3 Å². The first-order valence-corrected chi connectivity index (χ1v) is 4.89. The van der Waals surface area contributed by atoms with Crippen LogP contribution in [0.15, 0.2) is 18.2 Å². The average molecular weight is 225 g/mol. The summed E-state index contributed by atoms with van der Waals surface area (Å²) < 4.78 is 10.4. The molecule has 0 aliphatic rings. The molecule has 0 aliphatic heterocycles. The van der Waals surface area contributed by atoms with Gasteiger partial charge in [0.2, 0.25) is 0 Å². The first-order chi connectivity index (χ1) is 7.60. The number of methoxy groups -OCH3 is 1. The summed E-state index contributed by atoms with van der Waals surface area (Å²) in [6.07, 6.45) is 0. The number of carboxylic acid groups (broad SMARTS) is 1. The highest BCUT2D eigenvalue weighted by molar-refractivity contribution is 5.75. The molecule has 1 aromatic carbocycles. The lowest BCUT2D eigenvalue weighted by Crippen LogP contribution is -2.20. The van der Waals surface area contributed by atoms with Crippen LogP contribution in [0.3, 0.4) is 0 Å². The van der Waals surface area contributed by atoms with E-state index < -0.39 is 12.0 Å². The number of hydrogen-bond donors (Lipinski definition) is 2. The third kappa shape index (κ3) is 2.64. The van der Waals surface area contributed by atoms with E-state index in [-0.39, 0.29) is 0 Å². The second-order valence-corrected chi connectivity index (χ2v) is 3.16. The zero-order valence-electron chi connectivity index (χ0n) is 9.27. The molecule has 0 amide bonds. The summed E-state index contributed by atoms with van der Waals surface area (Å²) in [7, 11) is 1.52. The van der Waals surface area contributed by atoms with E-state index in [2.05, 4.69) is 0 Å². The Hall–Kier alpha value is -1.75. The molecule has 0 aromatic heterocycles. The van der Waals surface area contributed by atoms with Crippen molar-refractivity contribution in [1.29, 1.82) is 0 Å². The molecule has 0 saturated heterocycles. The average Bonchev–Trinajstić information content (AvgIpc) is 2.28. The highest BCUT2D eigenvalue weighted by Crippen LogP contribution is 2.29. The minimum absolute atomic E-state index is 0.474. The summed E-state index contributed by atoms with van der Waals surface area (Å²) in [5.41, 5.74) is 5.98. The number of carbonyl (C=O) groups is 1. The Kier molecular flexibility index (Phi) is 4.13. The topological polar surface area (TPSA) is 81.8 Å². The van der Waals surface area contributed by atoms with Gasteiger partial charge in [0.1, 0.15) is 6.04 Å². The third-order valence-corrected chi connectivity index (χ3v) is 2.11. The molecule has 16 heavy (non-hydrogen) atoms. The van der Waals surface area contributed by atoms with Gasteiger partial charge >= 0.3 is 5.97 Å². The predicted octanol–water partition coefficient (Wildman–Crippen LogP) is 1.18. The molecule has 0 unspecified atom stereocenters. The van der Waals surface area contributed by atoms with E-state index in [1.165, 1.54) is 7.11 Å². The van der Waals surface area contributed by atoms with Crippen LogP contribution in [-0.4, -0.2) is 24.8 Å². The zero-order valence-corrected chi connectivity index (χ0v) is 9.27. The van der Waals surface area contributed by atoms with Crippen LogP contribution in [0, 0.1) is 0 Å². The molecule has 3 N–H and O–H groups in total. The molecular weight excluding hydrogens is 210 g/mol. The first kappa shape index (κ1) is 12.3. The van der Waals surface area contributed by atoms with E-state index in [0.29, 0.717) is 23.7 Å². The van der Waals surface area contributed by atoms with Crippen molar-refractivity contribution < 1.29 is 19.4 Å². The minimum Gasteiger partial charge on any atom is -0.493 e. The summed E-state index contributed by atoms with van der Waals surface area (Å²) in [5, 5.41) is 8.79. The van der Waals surface area contributed by atoms with Gasteiger partial charge in [-0.25, -0.2) is 0 Å². The number of benzene rings is 1. The fourth-order valence-electron chi connectivity index (χ4n) is 1.30. The van der Waals surface area contributed by atoms with E-state index in [4.69, 9.17) is 20.3 Å². The molecule has 0 fully saturated rings. The second kappa shape index (κ2) is 5.37. The smallest absolute Gasteiger partial charge is 0.325 e. The van der Waals surface area contributed by atoms with E-state index >= 15 is 0 Å². The Morgan fingerprint density at radius 1 is 1.50 bits per heavy atom. The standard InChI is InChI=1S/C11H15NO4/c1-3-16-9-6-7(10(12)11(13)14)4-5-8(9)15-2/h4-6,10H,3,12H2,1-2H3,(H,13,14)/t10-/m0/s1. The molecule has 0 bridgehead atoms. The van der Waals surface area contributed by atoms with E-state index in [1.807, 2.05) is 6.92 Å². The van der Waals surface area contributed by atoms with Crippen LogP contribution in [0.1, 0.15) is 18.5 Å². The summed E-state index contributed by atoms with van der Waals surface area (Å²) in [6.45, 7) is 2.31. The Morgan fingerprint density at radius 3 is 2.69 bits per heavy atom. The summed E-state index contributed by atoms with van der Waals surface area (Å²) in [5.74, 6) is -0.0185. The van der Waals surface area contributed by atoms with E-state index in [0.717, 1.165) is 0 Å². The van der Waals surface area contributed by atoms with Crippen LogP contribution in [0.4, 0.5) is 0 Å². The van der Waals surface area contributed by atoms with Gasteiger partial charge in [0.15, 0.2) is 11.5 Å². The van der Waals surface area contributed by atoms with Crippen molar-refractivity contribution in [2.75, 3.05) is 13.7 Å². The van der Waals surface area contributed by atoms with Gasteiger partial charge in [-0.3, -0.25) is 4.79 Å². The number of ether oxygens (including phenoxy) is 2. The normalized spacial score (nSPS) is 11.9. The summed E-state index contributed by atoms with van der Waals surface area (Å²) in [4.78, 5) is 10.7. The van der Waals surface area contributed by atoms with Crippen molar-refractivity contribution in [3.63, 3.8) is 0 Å². The molecule has 5 nitrogen and oxygen atoms in total. The molecule has 0 saturated carbocycles. The Bertz CT molecular complexity index is 378. The molecule has 0 radical (unpaired) electrons. The maximum atomic E-state index is 10.7. The molecule has 1 aromatic rings. The fraction of sp³-hybridized carbons (Fsp3) is 0.364. The van der Waals surface area contributed by atoms with Crippen molar-refractivity contribution in [2.24, 2.45) is 5.73 Å². The van der Waals surface area contributed by atoms with Crippen molar-refractivity contribution in [2.45, 2.75) is 13.0 Å².